The number of esters is 1. The molecule has 0 radical (unpaired) electrons. The van der Waals surface area contributed by atoms with Crippen LogP contribution < -0.4 is 10.0 Å². The molecular formula is C22H23N3O5S2. The van der Waals surface area contributed by atoms with Crippen LogP contribution in [-0.2, 0) is 26.1 Å². The highest BCUT2D eigenvalue weighted by Gasteiger charge is 2.20. The number of ether oxygens (including phenoxy) is 2. The second kappa shape index (κ2) is 10.2. The van der Waals surface area contributed by atoms with Gasteiger partial charge in [0.2, 0.25) is 10.0 Å². The summed E-state index contributed by atoms with van der Waals surface area (Å²) in [4.78, 5) is 16.8. The number of para-hydroxylation sites is 1. The van der Waals surface area contributed by atoms with Crippen LogP contribution in [0.3, 0.4) is 0 Å². The standard InChI is InChI=1S/C22H23N3O5S2/c26-21(30-14-18-15-31-22(25-18)24-17-5-2-1-3-6-17)16-8-10-20(11-9-16)32(27,28)23-13-19-7-4-12-29-19/h1-3,5-6,8-11,15,19,23H,4,7,12-14H2,(H,24,25). The number of nitrogens with one attached hydrogen (secondary N) is 2. The van der Waals surface area contributed by atoms with Crippen molar-refractivity contribution in [2.24, 2.45) is 0 Å². The summed E-state index contributed by atoms with van der Waals surface area (Å²) >= 11 is 1.41. The van der Waals surface area contributed by atoms with Gasteiger partial charge in [-0.2, -0.15) is 0 Å². The van der Waals surface area contributed by atoms with Crippen LogP contribution in [0.2, 0.25) is 0 Å². The third kappa shape index (κ3) is 5.92. The highest BCUT2D eigenvalue weighted by Crippen LogP contribution is 2.21. The third-order valence-electron chi connectivity index (χ3n) is 4.85. The molecule has 0 amide bonds. The molecule has 1 aliphatic rings. The molecule has 4 rings (SSSR count). The van der Waals surface area contributed by atoms with Crippen molar-refractivity contribution in [1.82, 2.24) is 9.71 Å². The molecule has 2 aromatic carbocycles. The number of anilines is 2. The number of rotatable bonds is 9. The van der Waals surface area contributed by atoms with E-state index in [1.54, 1.807) is 0 Å². The number of hydrogen-bond donors (Lipinski definition) is 2. The van der Waals surface area contributed by atoms with Gasteiger partial charge in [0.25, 0.3) is 0 Å². The van der Waals surface area contributed by atoms with Gasteiger partial charge in [-0.05, 0) is 49.2 Å². The van der Waals surface area contributed by atoms with Gasteiger partial charge in [0, 0.05) is 24.2 Å². The average Bonchev–Trinajstić information content (AvgIpc) is 3.49. The summed E-state index contributed by atoms with van der Waals surface area (Å²) in [6.07, 6.45) is 1.69. The fourth-order valence-corrected chi connectivity index (χ4v) is 4.94. The van der Waals surface area contributed by atoms with E-state index < -0.39 is 16.0 Å². The molecular weight excluding hydrogens is 450 g/mol. The van der Waals surface area contributed by atoms with Gasteiger partial charge in [-0.3, -0.25) is 0 Å². The molecule has 168 valence electrons. The third-order valence-corrected chi connectivity index (χ3v) is 7.10. The largest absolute Gasteiger partial charge is 0.456 e. The molecule has 1 atom stereocenters. The van der Waals surface area contributed by atoms with E-state index in [2.05, 4.69) is 15.0 Å². The maximum absolute atomic E-state index is 12.4. The van der Waals surface area contributed by atoms with E-state index in [9.17, 15) is 13.2 Å². The van der Waals surface area contributed by atoms with Crippen molar-refractivity contribution in [2.45, 2.75) is 30.4 Å². The second-order valence-corrected chi connectivity index (χ2v) is 9.85. The smallest absolute Gasteiger partial charge is 0.338 e. The van der Waals surface area contributed by atoms with E-state index in [-0.39, 0.29) is 29.7 Å². The van der Waals surface area contributed by atoms with Crippen LogP contribution in [0.25, 0.3) is 0 Å². The molecule has 2 N–H and O–H groups in total. The molecule has 2 heterocycles. The summed E-state index contributed by atoms with van der Waals surface area (Å²) < 4.78 is 38.1. The van der Waals surface area contributed by atoms with Crippen molar-refractivity contribution < 1.29 is 22.7 Å². The number of aromatic nitrogens is 1. The quantitative estimate of drug-likeness (QED) is 0.456. The molecule has 3 aromatic rings. The van der Waals surface area contributed by atoms with Crippen molar-refractivity contribution in [3.05, 3.63) is 71.2 Å². The Morgan fingerprint density at radius 1 is 1.16 bits per heavy atom. The number of benzene rings is 2. The fourth-order valence-electron chi connectivity index (χ4n) is 3.16. The van der Waals surface area contributed by atoms with E-state index in [0.29, 0.717) is 17.4 Å². The predicted molar refractivity (Wildman–Crippen MR) is 122 cm³/mol. The number of carbonyl (C=O) groups excluding carboxylic acids is 1. The number of sulfonamides is 1. The van der Waals surface area contributed by atoms with Crippen LogP contribution >= 0.6 is 11.3 Å². The number of thiazole rings is 1. The number of carbonyl (C=O) groups is 1. The molecule has 1 aromatic heterocycles. The van der Waals surface area contributed by atoms with Crippen molar-refractivity contribution in [2.75, 3.05) is 18.5 Å². The van der Waals surface area contributed by atoms with Crippen LogP contribution in [0, 0.1) is 0 Å². The van der Waals surface area contributed by atoms with Gasteiger partial charge in [0.05, 0.1) is 22.3 Å². The maximum atomic E-state index is 12.4. The van der Waals surface area contributed by atoms with Gasteiger partial charge in [0.15, 0.2) is 5.13 Å². The molecule has 0 saturated carbocycles. The minimum atomic E-state index is -3.67. The van der Waals surface area contributed by atoms with Crippen LogP contribution in [0.5, 0.6) is 0 Å². The molecule has 1 saturated heterocycles. The molecule has 1 fully saturated rings. The Morgan fingerprint density at radius 3 is 2.66 bits per heavy atom. The molecule has 32 heavy (non-hydrogen) atoms. The van der Waals surface area contributed by atoms with Gasteiger partial charge < -0.3 is 14.8 Å². The molecule has 0 aliphatic carbocycles. The minimum absolute atomic E-state index is 0.0226. The first-order valence-electron chi connectivity index (χ1n) is 10.1. The Balaban J connectivity index is 1.29. The lowest BCUT2D eigenvalue weighted by molar-refractivity contribution is 0.0468. The normalized spacial score (nSPS) is 16.1. The summed E-state index contributed by atoms with van der Waals surface area (Å²) in [5, 5.41) is 5.70. The van der Waals surface area contributed by atoms with Crippen LogP contribution in [0.4, 0.5) is 10.8 Å². The first-order chi connectivity index (χ1) is 15.5. The lowest BCUT2D eigenvalue weighted by atomic mass is 10.2. The van der Waals surface area contributed by atoms with Crippen LogP contribution in [0.15, 0.2) is 64.9 Å². The fraction of sp³-hybridized carbons (Fsp3) is 0.273. The van der Waals surface area contributed by atoms with Gasteiger partial charge in [0.1, 0.15) is 6.61 Å². The van der Waals surface area contributed by atoms with Crippen LogP contribution in [-0.4, -0.2) is 38.6 Å². The molecule has 8 nitrogen and oxygen atoms in total. The summed E-state index contributed by atoms with van der Waals surface area (Å²) in [6.45, 7) is 0.921. The van der Waals surface area contributed by atoms with E-state index in [0.717, 1.165) is 18.5 Å². The van der Waals surface area contributed by atoms with E-state index >= 15 is 0 Å². The van der Waals surface area contributed by atoms with Gasteiger partial charge in [-0.1, -0.05) is 18.2 Å². The zero-order chi connectivity index (χ0) is 22.4. The van der Waals surface area contributed by atoms with Gasteiger partial charge in [-0.15, -0.1) is 11.3 Å². The lowest BCUT2D eigenvalue weighted by Crippen LogP contribution is -2.31. The second-order valence-electron chi connectivity index (χ2n) is 7.22. The zero-order valence-corrected chi connectivity index (χ0v) is 18.8. The summed E-state index contributed by atoms with van der Waals surface area (Å²) in [5.41, 5.74) is 1.81. The molecule has 10 heteroatoms. The topological polar surface area (TPSA) is 107 Å². The first kappa shape index (κ1) is 22.4. The first-order valence-corrected chi connectivity index (χ1v) is 12.5. The highest BCUT2D eigenvalue weighted by molar-refractivity contribution is 7.89. The number of hydrogen-bond acceptors (Lipinski definition) is 8. The molecule has 1 unspecified atom stereocenters. The van der Waals surface area contributed by atoms with Gasteiger partial charge in [-0.25, -0.2) is 22.9 Å². The Bertz CT molecular complexity index is 1140. The SMILES string of the molecule is O=C(OCc1csc(Nc2ccccc2)n1)c1ccc(S(=O)(=O)NCC2CCCO2)cc1. The summed E-state index contributed by atoms with van der Waals surface area (Å²) in [6, 6.07) is 15.3. The van der Waals surface area contributed by atoms with E-state index in [4.69, 9.17) is 9.47 Å². The molecule has 1 aliphatic heterocycles. The zero-order valence-electron chi connectivity index (χ0n) is 17.2. The van der Waals surface area contributed by atoms with Crippen LogP contribution in [0.1, 0.15) is 28.9 Å². The monoisotopic (exact) mass is 473 g/mol. The van der Waals surface area contributed by atoms with E-state index in [1.165, 1.54) is 35.6 Å². The minimum Gasteiger partial charge on any atom is -0.456 e. The highest BCUT2D eigenvalue weighted by atomic mass is 32.2. The van der Waals surface area contributed by atoms with E-state index in [1.807, 2.05) is 35.7 Å². The van der Waals surface area contributed by atoms with Crippen molar-refractivity contribution in [1.29, 1.82) is 0 Å². The van der Waals surface area contributed by atoms with Crippen molar-refractivity contribution >= 4 is 38.1 Å². The van der Waals surface area contributed by atoms with Crippen molar-refractivity contribution in [3.63, 3.8) is 0 Å². The Morgan fingerprint density at radius 2 is 1.94 bits per heavy atom. The van der Waals surface area contributed by atoms with Crippen molar-refractivity contribution in [3.8, 4) is 0 Å². The number of nitrogens with zero attached hydrogens (tertiary/aromatic N) is 1. The maximum Gasteiger partial charge on any atom is 0.338 e. The average molecular weight is 474 g/mol. The lowest BCUT2D eigenvalue weighted by Gasteiger charge is -2.11. The Labute approximate surface area is 190 Å². The molecule has 0 spiro atoms. The predicted octanol–water partition coefficient (Wildman–Crippen LogP) is 3.70. The Hall–Kier alpha value is -2.79. The Kier molecular flexibility index (Phi) is 7.15. The summed E-state index contributed by atoms with van der Waals surface area (Å²) in [7, 11) is -3.67. The summed E-state index contributed by atoms with van der Waals surface area (Å²) in [5.74, 6) is -0.549. The van der Waals surface area contributed by atoms with Gasteiger partial charge >= 0.3 is 5.97 Å². The molecule has 0 bridgehead atoms.